The highest BCUT2D eigenvalue weighted by atomic mass is 19.4. The molecule has 206 valence electrons. The molecule has 0 unspecified atom stereocenters. The van der Waals surface area contributed by atoms with Crippen molar-refractivity contribution in [2.45, 2.75) is 12.4 Å². The van der Waals surface area contributed by atoms with Gasteiger partial charge in [0.15, 0.2) is 0 Å². The standard InChI is InChI=1S/C17H13F3N2O3.C7H3F4NO2/c18-17(19,20)10-5-6-14(13(21)9-10)25-8-7-22-15(23)11-3-1-2-4-12(11)16(22)24;8-5-2-1-4(7(9,10)11)3-6(5)12(13)14/h1-6,9H,7-8,21H2;1-3H. The summed E-state index contributed by atoms with van der Waals surface area (Å²) >= 11 is 0. The van der Waals surface area contributed by atoms with Crippen LogP contribution in [0.3, 0.4) is 0 Å². The van der Waals surface area contributed by atoms with Gasteiger partial charge in [0, 0.05) is 6.07 Å². The van der Waals surface area contributed by atoms with Gasteiger partial charge < -0.3 is 10.5 Å². The average molecular weight is 559 g/mol. The van der Waals surface area contributed by atoms with Crippen LogP contribution >= 0.6 is 0 Å². The molecular weight excluding hydrogens is 543 g/mol. The lowest BCUT2D eigenvalue weighted by molar-refractivity contribution is -0.387. The second kappa shape index (κ2) is 11.0. The summed E-state index contributed by atoms with van der Waals surface area (Å²) < 4.78 is 91.8. The molecular formula is C24H16F7N3O5. The molecule has 0 saturated carbocycles. The molecule has 0 aliphatic carbocycles. The summed E-state index contributed by atoms with van der Waals surface area (Å²) in [6.45, 7) is -0.117. The van der Waals surface area contributed by atoms with Crippen molar-refractivity contribution in [2.75, 3.05) is 18.9 Å². The highest BCUT2D eigenvalue weighted by molar-refractivity contribution is 6.21. The molecule has 2 amide bonds. The molecule has 0 atom stereocenters. The zero-order valence-corrected chi connectivity index (χ0v) is 19.3. The van der Waals surface area contributed by atoms with E-state index < -0.39 is 51.7 Å². The third kappa shape index (κ3) is 6.61. The van der Waals surface area contributed by atoms with Crippen LogP contribution < -0.4 is 10.5 Å². The summed E-state index contributed by atoms with van der Waals surface area (Å²) in [5.74, 6) is -2.08. The monoisotopic (exact) mass is 559 g/mol. The molecule has 15 heteroatoms. The van der Waals surface area contributed by atoms with E-state index in [-0.39, 0.29) is 30.7 Å². The molecule has 4 rings (SSSR count). The zero-order valence-electron chi connectivity index (χ0n) is 19.3. The first kappa shape index (κ1) is 28.9. The molecule has 1 heterocycles. The summed E-state index contributed by atoms with van der Waals surface area (Å²) in [6, 6.07) is 10.2. The lowest BCUT2D eigenvalue weighted by Crippen LogP contribution is -2.33. The Bertz CT molecular complexity index is 1390. The Balaban J connectivity index is 0.000000255. The number of carbonyl (C=O) groups is 2. The number of anilines is 1. The van der Waals surface area contributed by atoms with Crippen LogP contribution in [0, 0.1) is 15.9 Å². The number of benzene rings is 3. The Kier molecular flexibility index (Phi) is 8.12. The predicted octanol–water partition coefficient (Wildman–Crippen LogP) is 5.72. The number of amides is 2. The normalized spacial score (nSPS) is 13.1. The first-order valence-electron chi connectivity index (χ1n) is 10.7. The number of nitro groups is 1. The van der Waals surface area contributed by atoms with Crippen LogP contribution in [0.15, 0.2) is 60.7 Å². The number of carbonyl (C=O) groups excluding carboxylic acids is 2. The fraction of sp³-hybridized carbons (Fsp3) is 0.167. The van der Waals surface area contributed by atoms with Gasteiger partial charge in [0.2, 0.25) is 5.82 Å². The minimum absolute atomic E-state index is 0.0349. The van der Waals surface area contributed by atoms with E-state index in [9.17, 15) is 50.4 Å². The van der Waals surface area contributed by atoms with Crippen molar-refractivity contribution >= 4 is 23.2 Å². The Labute approximate surface area is 214 Å². The van der Waals surface area contributed by atoms with Crippen molar-refractivity contribution in [2.24, 2.45) is 0 Å². The van der Waals surface area contributed by atoms with Gasteiger partial charge in [0.25, 0.3) is 11.8 Å². The van der Waals surface area contributed by atoms with Gasteiger partial charge in [0.05, 0.1) is 39.4 Å². The van der Waals surface area contributed by atoms with E-state index in [2.05, 4.69) is 0 Å². The quantitative estimate of drug-likeness (QED) is 0.141. The topological polar surface area (TPSA) is 116 Å². The summed E-state index contributed by atoms with van der Waals surface area (Å²) in [4.78, 5) is 34.3. The molecule has 0 saturated heterocycles. The van der Waals surface area contributed by atoms with Crippen LogP contribution in [-0.4, -0.2) is 34.8 Å². The fourth-order valence-corrected chi connectivity index (χ4v) is 3.37. The van der Waals surface area contributed by atoms with Gasteiger partial charge in [-0.3, -0.25) is 24.6 Å². The molecule has 0 aromatic heterocycles. The lowest BCUT2D eigenvalue weighted by Gasteiger charge is -2.16. The molecule has 39 heavy (non-hydrogen) atoms. The number of nitrogen functional groups attached to an aromatic ring is 1. The molecule has 0 radical (unpaired) electrons. The second-order valence-corrected chi connectivity index (χ2v) is 7.83. The predicted molar refractivity (Wildman–Crippen MR) is 121 cm³/mol. The van der Waals surface area contributed by atoms with Crippen molar-refractivity contribution in [3.05, 3.63) is 98.8 Å². The van der Waals surface area contributed by atoms with Crippen molar-refractivity contribution in [1.82, 2.24) is 4.90 Å². The van der Waals surface area contributed by atoms with Gasteiger partial charge >= 0.3 is 18.0 Å². The van der Waals surface area contributed by atoms with Gasteiger partial charge in [-0.15, -0.1) is 0 Å². The number of rotatable bonds is 5. The maximum Gasteiger partial charge on any atom is 0.416 e. The SMILES string of the molecule is Nc1cc(C(F)(F)F)ccc1OCCN1C(=O)c2ccccc2C1=O.O=[N+]([O-])c1cc(C(F)(F)F)ccc1F. The van der Waals surface area contributed by atoms with Crippen molar-refractivity contribution in [1.29, 1.82) is 0 Å². The van der Waals surface area contributed by atoms with Gasteiger partial charge in [-0.2, -0.15) is 30.7 Å². The molecule has 3 aromatic carbocycles. The molecule has 1 aliphatic heterocycles. The van der Waals surface area contributed by atoms with E-state index in [4.69, 9.17) is 10.5 Å². The first-order chi connectivity index (χ1) is 18.1. The summed E-state index contributed by atoms with van der Waals surface area (Å²) in [5.41, 5.74) is 2.73. The lowest BCUT2D eigenvalue weighted by atomic mass is 10.1. The van der Waals surface area contributed by atoms with Crippen LogP contribution in [0.2, 0.25) is 0 Å². The number of nitrogens with zero attached hydrogens (tertiary/aromatic N) is 2. The van der Waals surface area contributed by atoms with E-state index in [1.807, 2.05) is 0 Å². The van der Waals surface area contributed by atoms with Gasteiger partial charge in [-0.25, -0.2) is 0 Å². The van der Waals surface area contributed by atoms with Crippen LogP contribution in [-0.2, 0) is 12.4 Å². The number of hydrogen-bond donors (Lipinski definition) is 1. The largest absolute Gasteiger partial charge is 0.490 e. The van der Waals surface area contributed by atoms with Crippen molar-refractivity contribution in [3.63, 3.8) is 0 Å². The number of ether oxygens (including phenoxy) is 1. The number of alkyl halides is 6. The highest BCUT2D eigenvalue weighted by Gasteiger charge is 2.35. The molecule has 1 aliphatic rings. The van der Waals surface area contributed by atoms with E-state index in [1.54, 1.807) is 24.3 Å². The van der Waals surface area contributed by atoms with Crippen LogP contribution in [0.5, 0.6) is 5.75 Å². The number of imide groups is 1. The average Bonchev–Trinajstić information content (AvgIpc) is 3.09. The van der Waals surface area contributed by atoms with Crippen LogP contribution in [0.1, 0.15) is 31.8 Å². The molecule has 2 N–H and O–H groups in total. The summed E-state index contributed by atoms with van der Waals surface area (Å²) in [7, 11) is 0. The minimum Gasteiger partial charge on any atom is -0.490 e. The zero-order chi connectivity index (χ0) is 29.1. The summed E-state index contributed by atoms with van der Waals surface area (Å²) in [6.07, 6.45) is -9.20. The molecule has 0 fully saturated rings. The second-order valence-electron chi connectivity index (χ2n) is 7.83. The highest BCUT2D eigenvalue weighted by Crippen LogP contribution is 2.34. The van der Waals surface area contributed by atoms with E-state index in [1.165, 1.54) is 0 Å². The van der Waals surface area contributed by atoms with Crippen LogP contribution in [0.4, 0.5) is 42.1 Å². The van der Waals surface area contributed by atoms with Gasteiger partial charge in [0.1, 0.15) is 12.4 Å². The first-order valence-corrected chi connectivity index (χ1v) is 10.7. The Morgan fingerprint density at radius 2 is 1.36 bits per heavy atom. The summed E-state index contributed by atoms with van der Waals surface area (Å²) in [5, 5.41) is 10.1. The van der Waals surface area contributed by atoms with Gasteiger partial charge in [-0.05, 0) is 42.5 Å². The third-order valence-corrected chi connectivity index (χ3v) is 5.26. The minimum atomic E-state index is -4.71. The fourth-order valence-electron chi connectivity index (χ4n) is 3.37. The molecule has 8 nitrogen and oxygen atoms in total. The number of fused-ring (bicyclic) bond motifs is 1. The van der Waals surface area contributed by atoms with E-state index in [0.717, 1.165) is 23.1 Å². The number of nitrogens with two attached hydrogens (primary N) is 1. The van der Waals surface area contributed by atoms with Gasteiger partial charge in [-0.1, -0.05) is 12.1 Å². The number of nitro benzene ring substituents is 1. The Morgan fingerprint density at radius 1 is 0.846 bits per heavy atom. The number of halogens is 7. The molecule has 3 aromatic rings. The smallest absolute Gasteiger partial charge is 0.416 e. The van der Waals surface area contributed by atoms with Crippen LogP contribution in [0.25, 0.3) is 0 Å². The van der Waals surface area contributed by atoms with Crippen molar-refractivity contribution < 1.29 is 50.0 Å². The molecule has 0 spiro atoms. The molecule has 0 bridgehead atoms. The van der Waals surface area contributed by atoms with E-state index >= 15 is 0 Å². The Hall–Kier alpha value is -4.69. The van der Waals surface area contributed by atoms with Crippen molar-refractivity contribution in [3.8, 4) is 5.75 Å². The maximum atomic E-state index is 12.6. The van der Waals surface area contributed by atoms with E-state index in [0.29, 0.717) is 23.3 Å². The maximum absolute atomic E-state index is 12.6. The Morgan fingerprint density at radius 3 is 1.85 bits per heavy atom. The number of hydrogen-bond acceptors (Lipinski definition) is 6. The third-order valence-electron chi connectivity index (χ3n) is 5.26.